The van der Waals surface area contributed by atoms with E-state index in [4.69, 9.17) is 4.52 Å². The smallest absolute Gasteiger partial charge is 0.253 e. The molecule has 0 bridgehead atoms. The Morgan fingerprint density at radius 1 is 1.10 bits per heavy atom. The summed E-state index contributed by atoms with van der Waals surface area (Å²) in [5.41, 5.74) is 2.71. The predicted molar refractivity (Wildman–Crippen MR) is 109 cm³/mol. The minimum Gasteiger partial charge on any atom is -0.361 e. The van der Waals surface area contributed by atoms with Gasteiger partial charge < -0.3 is 9.42 Å². The lowest BCUT2D eigenvalue weighted by molar-refractivity contribution is 0.0784. The second-order valence-corrected chi connectivity index (χ2v) is 8.57. The highest BCUT2D eigenvalue weighted by atomic mass is 32.2. The quantitative estimate of drug-likeness (QED) is 0.643. The molecule has 0 aliphatic rings. The van der Waals surface area contributed by atoms with Crippen molar-refractivity contribution in [2.45, 2.75) is 31.8 Å². The molecule has 0 aliphatic heterocycles. The summed E-state index contributed by atoms with van der Waals surface area (Å²) in [7, 11) is -2.09. The highest BCUT2D eigenvalue weighted by molar-refractivity contribution is 7.89. The molecule has 8 heteroatoms. The van der Waals surface area contributed by atoms with Gasteiger partial charge in [0.05, 0.1) is 17.1 Å². The number of benzene rings is 2. The molecule has 0 unspecified atom stereocenters. The van der Waals surface area contributed by atoms with Gasteiger partial charge in [-0.25, -0.2) is 13.1 Å². The summed E-state index contributed by atoms with van der Waals surface area (Å²) in [6.45, 7) is 4.10. The lowest BCUT2D eigenvalue weighted by Gasteiger charge is -2.17. The maximum atomic E-state index is 12.8. The summed E-state index contributed by atoms with van der Waals surface area (Å²) in [6.07, 6.45) is 0. The fourth-order valence-electron chi connectivity index (χ4n) is 2.91. The molecule has 29 heavy (non-hydrogen) atoms. The standard InChI is InChI=1S/C21H23N3O4S/c1-15-20(16(2)28-23-15)14-24(3)21(25)18-10-7-11-19(12-18)29(26,27)22-13-17-8-5-4-6-9-17/h4-12,22H,13-14H2,1-3H3. The molecule has 2 aromatic carbocycles. The molecular weight excluding hydrogens is 390 g/mol. The number of aryl methyl sites for hydroxylation is 2. The Morgan fingerprint density at radius 2 is 1.83 bits per heavy atom. The van der Waals surface area contributed by atoms with Crippen molar-refractivity contribution in [2.75, 3.05) is 7.05 Å². The molecule has 0 saturated heterocycles. The maximum Gasteiger partial charge on any atom is 0.253 e. The minimum absolute atomic E-state index is 0.0463. The predicted octanol–water partition coefficient (Wildman–Crippen LogP) is 3.04. The van der Waals surface area contributed by atoms with E-state index in [1.165, 1.54) is 17.0 Å². The van der Waals surface area contributed by atoms with Crippen molar-refractivity contribution in [1.82, 2.24) is 14.8 Å². The summed E-state index contributed by atoms with van der Waals surface area (Å²) in [5, 5.41) is 3.89. The zero-order valence-electron chi connectivity index (χ0n) is 16.5. The number of nitrogens with one attached hydrogen (secondary N) is 1. The van der Waals surface area contributed by atoms with E-state index in [1.54, 1.807) is 26.1 Å². The van der Waals surface area contributed by atoms with Crippen molar-refractivity contribution < 1.29 is 17.7 Å². The summed E-state index contributed by atoms with van der Waals surface area (Å²) >= 11 is 0. The molecule has 0 aliphatic carbocycles. The lowest BCUT2D eigenvalue weighted by atomic mass is 10.1. The van der Waals surface area contributed by atoms with Crippen LogP contribution < -0.4 is 4.72 Å². The van der Waals surface area contributed by atoms with Crippen molar-refractivity contribution in [3.8, 4) is 0 Å². The molecule has 152 valence electrons. The van der Waals surface area contributed by atoms with Crippen LogP contribution in [0, 0.1) is 13.8 Å². The second kappa shape index (κ2) is 8.59. The normalized spacial score (nSPS) is 11.4. The maximum absolute atomic E-state index is 12.8. The van der Waals surface area contributed by atoms with Crippen LogP contribution in [0.1, 0.15) is 32.9 Å². The molecule has 1 aromatic heterocycles. The van der Waals surface area contributed by atoms with Crippen LogP contribution >= 0.6 is 0 Å². The molecule has 0 fully saturated rings. The molecule has 1 amide bonds. The highest BCUT2D eigenvalue weighted by Gasteiger charge is 2.20. The molecule has 1 N–H and O–H groups in total. The largest absolute Gasteiger partial charge is 0.361 e. The third-order valence-corrected chi connectivity index (χ3v) is 6.02. The van der Waals surface area contributed by atoms with Crippen LogP contribution in [-0.2, 0) is 23.1 Å². The fraction of sp³-hybridized carbons (Fsp3) is 0.238. The Kier molecular flexibility index (Phi) is 6.14. The van der Waals surface area contributed by atoms with Gasteiger partial charge >= 0.3 is 0 Å². The number of hydrogen-bond acceptors (Lipinski definition) is 5. The lowest BCUT2D eigenvalue weighted by Crippen LogP contribution is -2.27. The molecule has 7 nitrogen and oxygen atoms in total. The number of aromatic nitrogens is 1. The van der Waals surface area contributed by atoms with E-state index in [0.29, 0.717) is 17.9 Å². The van der Waals surface area contributed by atoms with Crippen LogP contribution in [0.4, 0.5) is 0 Å². The van der Waals surface area contributed by atoms with E-state index in [9.17, 15) is 13.2 Å². The Bertz CT molecular complexity index is 1090. The van der Waals surface area contributed by atoms with Gasteiger partial charge in [-0.1, -0.05) is 41.6 Å². The molecule has 0 saturated carbocycles. The number of rotatable bonds is 7. The zero-order chi connectivity index (χ0) is 21.0. The number of carbonyl (C=O) groups is 1. The van der Waals surface area contributed by atoms with Gasteiger partial charge in [0.1, 0.15) is 5.76 Å². The number of sulfonamides is 1. The van der Waals surface area contributed by atoms with Crippen LogP contribution in [0.2, 0.25) is 0 Å². The van der Waals surface area contributed by atoms with Gasteiger partial charge in [-0.2, -0.15) is 0 Å². The number of amides is 1. The van der Waals surface area contributed by atoms with Gasteiger partial charge in [0.15, 0.2) is 0 Å². The average Bonchev–Trinajstić information content (AvgIpc) is 3.04. The summed E-state index contributed by atoms with van der Waals surface area (Å²) in [4.78, 5) is 14.4. The minimum atomic E-state index is -3.75. The van der Waals surface area contributed by atoms with E-state index >= 15 is 0 Å². The Balaban J connectivity index is 1.74. The van der Waals surface area contributed by atoms with Gasteiger partial charge in [0, 0.05) is 24.7 Å². The van der Waals surface area contributed by atoms with Crippen molar-refractivity contribution in [3.63, 3.8) is 0 Å². The summed E-state index contributed by atoms with van der Waals surface area (Å²) in [5.74, 6) is 0.369. The molecule has 0 atom stereocenters. The average molecular weight is 413 g/mol. The molecule has 0 spiro atoms. The number of hydrogen-bond donors (Lipinski definition) is 1. The monoisotopic (exact) mass is 413 g/mol. The Morgan fingerprint density at radius 3 is 2.48 bits per heavy atom. The van der Waals surface area contributed by atoms with Crippen molar-refractivity contribution in [1.29, 1.82) is 0 Å². The van der Waals surface area contributed by atoms with Crippen LogP contribution in [-0.4, -0.2) is 31.4 Å². The third kappa shape index (κ3) is 4.90. The number of carbonyl (C=O) groups excluding carboxylic acids is 1. The fourth-order valence-corrected chi connectivity index (χ4v) is 3.97. The summed E-state index contributed by atoms with van der Waals surface area (Å²) < 4.78 is 33.0. The van der Waals surface area contributed by atoms with Crippen molar-refractivity contribution >= 4 is 15.9 Å². The molecule has 1 heterocycles. The molecule has 3 aromatic rings. The van der Waals surface area contributed by atoms with E-state index < -0.39 is 10.0 Å². The molecular formula is C21H23N3O4S. The van der Waals surface area contributed by atoms with Gasteiger partial charge in [0.25, 0.3) is 5.91 Å². The first kappa shape index (κ1) is 20.8. The van der Waals surface area contributed by atoms with Crippen molar-refractivity contribution in [2.24, 2.45) is 0 Å². The Labute approximate surface area is 170 Å². The first-order valence-corrected chi connectivity index (χ1v) is 10.6. The number of nitrogens with zero attached hydrogens (tertiary/aromatic N) is 2. The van der Waals surface area contributed by atoms with Crippen molar-refractivity contribution in [3.05, 3.63) is 82.7 Å². The van der Waals surface area contributed by atoms with Gasteiger partial charge in [0.2, 0.25) is 10.0 Å². The van der Waals surface area contributed by atoms with Gasteiger partial charge in [-0.3, -0.25) is 4.79 Å². The molecule has 3 rings (SSSR count). The van der Waals surface area contributed by atoms with Crippen LogP contribution in [0.25, 0.3) is 0 Å². The van der Waals surface area contributed by atoms with Gasteiger partial charge in [-0.05, 0) is 37.6 Å². The topological polar surface area (TPSA) is 92.5 Å². The Hall–Kier alpha value is -2.97. The summed E-state index contributed by atoms with van der Waals surface area (Å²) in [6, 6.07) is 15.3. The van der Waals surface area contributed by atoms with Crippen LogP contribution in [0.15, 0.2) is 64.0 Å². The van der Waals surface area contributed by atoms with Crippen LogP contribution in [0.3, 0.4) is 0 Å². The SMILES string of the molecule is Cc1noc(C)c1CN(C)C(=O)c1cccc(S(=O)(=O)NCc2ccccc2)c1. The van der Waals surface area contributed by atoms with Gasteiger partial charge in [-0.15, -0.1) is 0 Å². The van der Waals surface area contributed by atoms with E-state index in [0.717, 1.165) is 16.8 Å². The second-order valence-electron chi connectivity index (χ2n) is 6.80. The van der Waals surface area contributed by atoms with E-state index in [-0.39, 0.29) is 17.3 Å². The van der Waals surface area contributed by atoms with E-state index in [2.05, 4.69) is 9.88 Å². The van der Waals surface area contributed by atoms with E-state index in [1.807, 2.05) is 37.3 Å². The highest BCUT2D eigenvalue weighted by Crippen LogP contribution is 2.18. The zero-order valence-corrected chi connectivity index (χ0v) is 17.4. The van der Waals surface area contributed by atoms with Crippen LogP contribution in [0.5, 0.6) is 0 Å². The third-order valence-electron chi connectivity index (χ3n) is 4.62. The molecule has 0 radical (unpaired) electrons. The first-order chi connectivity index (χ1) is 13.8. The first-order valence-electron chi connectivity index (χ1n) is 9.09.